The quantitative estimate of drug-likeness (QED) is 0.877. The van der Waals surface area contributed by atoms with E-state index < -0.39 is 12.1 Å². The van der Waals surface area contributed by atoms with Crippen LogP contribution in [0.1, 0.15) is 24.2 Å². The van der Waals surface area contributed by atoms with E-state index in [0.29, 0.717) is 17.9 Å². The predicted molar refractivity (Wildman–Crippen MR) is 83.2 cm³/mol. The van der Waals surface area contributed by atoms with Gasteiger partial charge in [0.1, 0.15) is 5.75 Å². The summed E-state index contributed by atoms with van der Waals surface area (Å²) in [5, 5.41) is 9.02. The predicted octanol–water partition coefficient (Wildman–Crippen LogP) is 2.16. The lowest BCUT2D eigenvalue weighted by molar-refractivity contribution is -0.154. The minimum Gasteiger partial charge on any atom is -0.490 e. The molecule has 0 aromatic heterocycles. The number of benzene rings is 1. The highest BCUT2D eigenvalue weighted by Crippen LogP contribution is 2.26. The summed E-state index contributed by atoms with van der Waals surface area (Å²) in [5.74, 6) is -0.836. The van der Waals surface area contributed by atoms with E-state index in [1.807, 2.05) is 13.8 Å². The zero-order chi connectivity index (χ0) is 16.3. The van der Waals surface area contributed by atoms with E-state index in [4.69, 9.17) is 14.6 Å². The molecule has 6 nitrogen and oxygen atoms in total. The summed E-state index contributed by atoms with van der Waals surface area (Å²) >= 11 is 3.36. The number of nitrogens with zero attached hydrogens (tertiary/aromatic N) is 1. The van der Waals surface area contributed by atoms with Crippen LogP contribution < -0.4 is 4.74 Å². The van der Waals surface area contributed by atoms with Crippen LogP contribution in [-0.2, 0) is 9.53 Å². The van der Waals surface area contributed by atoms with E-state index in [-0.39, 0.29) is 25.2 Å². The van der Waals surface area contributed by atoms with Gasteiger partial charge >= 0.3 is 5.97 Å². The van der Waals surface area contributed by atoms with Crippen LogP contribution in [0, 0.1) is 0 Å². The van der Waals surface area contributed by atoms with Crippen molar-refractivity contribution in [2.24, 2.45) is 0 Å². The van der Waals surface area contributed by atoms with Crippen molar-refractivity contribution in [3.8, 4) is 5.75 Å². The van der Waals surface area contributed by atoms with Crippen LogP contribution in [-0.4, -0.2) is 53.8 Å². The van der Waals surface area contributed by atoms with E-state index >= 15 is 0 Å². The second kappa shape index (κ2) is 7.11. The lowest BCUT2D eigenvalue weighted by Crippen LogP contribution is -2.48. The van der Waals surface area contributed by atoms with Crippen LogP contribution in [0.2, 0.25) is 0 Å². The van der Waals surface area contributed by atoms with Crippen molar-refractivity contribution in [3.63, 3.8) is 0 Å². The number of hydrogen-bond donors (Lipinski definition) is 1. The molecule has 120 valence electrons. The first-order valence-corrected chi connectivity index (χ1v) is 7.77. The molecule has 0 saturated carbocycles. The lowest BCUT2D eigenvalue weighted by atomic mass is 10.1. The Bertz CT molecular complexity index is 575. The molecule has 1 N–H and O–H groups in total. The van der Waals surface area contributed by atoms with Crippen LogP contribution in [0.4, 0.5) is 0 Å². The molecule has 1 aromatic rings. The minimum absolute atomic E-state index is 0.0331. The number of amides is 1. The fourth-order valence-corrected chi connectivity index (χ4v) is 2.52. The Balaban J connectivity index is 2.23. The normalized spacial score (nSPS) is 18.4. The Labute approximate surface area is 137 Å². The fraction of sp³-hybridized carbons (Fsp3) is 0.467. The average Bonchev–Trinajstić information content (AvgIpc) is 2.46. The van der Waals surface area contributed by atoms with Gasteiger partial charge in [-0.1, -0.05) is 15.9 Å². The van der Waals surface area contributed by atoms with Gasteiger partial charge in [0.25, 0.3) is 5.91 Å². The van der Waals surface area contributed by atoms with Crippen LogP contribution in [0.15, 0.2) is 22.7 Å². The summed E-state index contributed by atoms with van der Waals surface area (Å²) in [6, 6.07) is 5.17. The number of hydrogen-bond acceptors (Lipinski definition) is 4. The van der Waals surface area contributed by atoms with Crippen molar-refractivity contribution in [2.45, 2.75) is 26.1 Å². The number of rotatable bonds is 4. The van der Waals surface area contributed by atoms with Crippen molar-refractivity contribution in [1.29, 1.82) is 0 Å². The zero-order valence-electron chi connectivity index (χ0n) is 12.4. The second-order valence-electron chi connectivity index (χ2n) is 5.26. The number of halogens is 1. The molecular weight excluding hydrogens is 354 g/mol. The molecule has 1 aliphatic heterocycles. The number of carboxylic acids is 1. The Morgan fingerprint density at radius 3 is 2.82 bits per heavy atom. The third kappa shape index (κ3) is 3.98. The van der Waals surface area contributed by atoms with Crippen LogP contribution in [0.3, 0.4) is 0 Å². The van der Waals surface area contributed by atoms with Gasteiger partial charge in [-0.2, -0.15) is 0 Å². The van der Waals surface area contributed by atoms with Crippen LogP contribution >= 0.6 is 15.9 Å². The standard InChI is InChI=1S/C15H18BrNO5/c1-9(2)22-12-7-10(16)3-4-11(12)14(18)17-5-6-21-13(8-17)15(19)20/h3-4,7,9,13H,5-6,8H2,1-2H3,(H,19,20). The molecule has 1 amide bonds. The third-order valence-corrected chi connectivity index (χ3v) is 3.66. The molecule has 0 aliphatic carbocycles. The van der Waals surface area contributed by atoms with E-state index in [1.165, 1.54) is 4.90 Å². The van der Waals surface area contributed by atoms with Gasteiger partial charge in [-0.25, -0.2) is 4.79 Å². The molecule has 1 heterocycles. The summed E-state index contributed by atoms with van der Waals surface area (Å²) in [7, 11) is 0. The minimum atomic E-state index is -1.06. The molecule has 1 aliphatic rings. The van der Waals surface area contributed by atoms with Gasteiger partial charge in [-0.05, 0) is 32.0 Å². The zero-order valence-corrected chi connectivity index (χ0v) is 14.0. The van der Waals surface area contributed by atoms with Gasteiger partial charge in [0.15, 0.2) is 6.10 Å². The largest absolute Gasteiger partial charge is 0.490 e. The Kier molecular flexibility index (Phi) is 5.42. The summed E-state index contributed by atoms with van der Waals surface area (Å²) < 4.78 is 11.6. The summed E-state index contributed by atoms with van der Waals surface area (Å²) in [5.41, 5.74) is 0.419. The Morgan fingerprint density at radius 1 is 1.45 bits per heavy atom. The first kappa shape index (κ1) is 16.8. The Morgan fingerprint density at radius 2 is 2.18 bits per heavy atom. The highest BCUT2D eigenvalue weighted by atomic mass is 79.9. The lowest BCUT2D eigenvalue weighted by Gasteiger charge is -2.31. The van der Waals surface area contributed by atoms with Crippen molar-refractivity contribution in [3.05, 3.63) is 28.2 Å². The molecule has 0 bridgehead atoms. The van der Waals surface area contributed by atoms with E-state index in [1.54, 1.807) is 18.2 Å². The highest BCUT2D eigenvalue weighted by Gasteiger charge is 2.30. The van der Waals surface area contributed by atoms with E-state index in [9.17, 15) is 9.59 Å². The van der Waals surface area contributed by atoms with E-state index in [2.05, 4.69) is 15.9 Å². The Hall–Kier alpha value is -1.60. The maximum atomic E-state index is 12.7. The van der Waals surface area contributed by atoms with Crippen molar-refractivity contribution >= 4 is 27.8 Å². The van der Waals surface area contributed by atoms with Gasteiger partial charge in [0.05, 0.1) is 24.8 Å². The smallest absolute Gasteiger partial charge is 0.334 e. The molecule has 1 fully saturated rings. The number of morpholine rings is 1. The molecule has 1 aromatic carbocycles. The molecule has 22 heavy (non-hydrogen) atoms. The maximum absolute atomic E-state index is 12.7. The summed E-state index contributed by atoms with van der Waals surface area (Å²) in [4.78, 5) is 25.2. The molecule has 7 heteroatoms. The molecule has 0 spiro atoms. The number of aliphatic carboxylic acids is 1. The SMILES string of the molecule is CC(C)Oc1cc(Br)ccc1C(=O)N1CCOC(C(=O)O)C1. The topological polar surface area (TPSA) is 76.1 Å². The maximum Gasteiger partial charge on any atom is 0.334 e. The van der Waals surface area contributed by atoms with Gasteiger partial charge < -0.3 is 19.5 Å². The number of carbonyl (C=O) groups excluding carboxylic acids is 1. The number of ether oxygens (including phenoxy) is 2. The van der Waals surface area contributed by atoms with Gasteiger partial charge in [-0.15, -0.1) is 0 Å². The molecule has 1 saturated heterocycles. The molecular formula is C15H18BrNO5. The number of carboxylic acid groups (broad SMARTS) is 1. The van der Waals surface area contributed by atoms with Crippen LogP contribution in [0.25, 0.3) is 0 Å². The summed E-state index contributed by atoms with van der Waals surface area (Å²) in [6.07, 6.45) is -1.06. The van der Waals surface area contributed by atoms with Gasteiger partial charge in [0.2, 0.25) is 0 Å². The van der Waals surface area contributed by atoms with E-state index in [0.717, 1.165) is 4.47 Å². The molecule has 1 unspecified atom stereocenters. The van der Waals surface area contributed by atoms with Crippen molar-refractivity contribution in [1.82, 2.24) is 4.90 Å². The van der Waals surface area contributed by atoms with Crippen LogP contribution in [0.5, 0.6) is 5.75 Å². The molecule has 2 rings (SSSR count). The first-order valence-electron chi connectivity index (χ1n) is 6.98. The number of carbonyl (C=O) groups is 2. The molecule has 0 radical (unpaired) electrons. The first-order chi connectivity index (χ1) is 10.4. The summed E-state index contributed by atoms with van der Waals surface area (Å²) in [6.45, 7) is 4.36. The molecule has 1 atom stereocenters. The second-order valence-corrected chi connectivity index (χ2v) is 6.17. The highest BCUT2D eigenvalue weighted by molar-refractivity contribution is 9.10. The average molecular weight is 372 g/mol. The van der Waals surface area contributed by atoms with Crippen molar-refractivity contribution < 1.29 is 24.2 Å². The third-order valence-electron chi connectivity index (χ3n) is 3.17. The fourth-order valence-electron chi connectivity index (χ4n) is 2.18. The van der Waals surface area contributed by atoms with Gasteiger partial charge in [0, 0.05) is 11.0 Å². The van der Waals surface area contributed by atoms with Crippen molar-refractivity contribution in [2.75, 3.05) is 19.7 Å². The monoisotopic (exact) mass is 371 g/mol. The van der Waals surface area contributed by atoms with Gasteiger partial charge in [-0.3, -0.25) is 4.79 Å².